The van der Waals surface area contributed by atoms with E-state index in [0.29, 0.717) is 0 Å². The van der Waals surface area contributed by atoms with Gasteiger partial charge in [-0.15, -0.1) is 0 Å². The molecule has 3 radical (unpaired) electrons. The average Bonchev–Trinajstić information content (AvgIpc) is 0. The van der Waals surface area contributed by atoms with E-state index in [1.54, 1.807) is 0 Å². The van der Waals surface area contributed by atoms with Crippen molar-refractivity contribution in [3.05, 3.63) is 0 Å². The van der Waals surface area contributed by atoms with Gasteiger partial charge in [-0.3, -0.25) is 0 Å². The van der Waals surface area contributed by atoms with E-state index in [1.165, 1.54) is 0 Å². The molecule has 0 rings (SSSR count). The van der Waals surface area contributed by atoms with Crippen LogP contribution in [0.4, 0.5) is 0 Å². The molecule has 0 aliphatic rings. The summed E-state index contributed by atoms with van der Waals surface area (Å²) in [4.78, 5) is 0. The maximum atomic E-state index is 0. The van der Waals surface area contributed by atoms with Gasteiger partial charge in [0.15, 0.2) is 0 Å². The fourth-order valence-corrected chi connectivity index (χ4v) is 0. The van der Waals surface area contributed by atoms with Crippen LogP contribution in [-0.4, -0.2) is 38.3 Å². The van der Waals surface area contributed by atoms with Gasteiger partial charge >= 0.3 is 27.3 Å². The normalized spacial score (nSPS) is 0. The van der Waals surface area contributed by atoms with E-state index in [4.69, 9.17) is 0 Å². The summed E-state index contributed by atoms with van der Waals surface area (Å²) in [6.45, 7) is 0. The van der Waals surface area contributed by atoms with Crippen LogP contribution >= 0.6 is 0 Å². The minimum absolute atomic E-state index is 0. The summed E-state index contributed by atoms with van der Waals surface area (Å²) in [6.07, 6.45) is 0. The summed E-state index contributed by atoms with van der Waals surface area (Å²) >= 11 is 0. The van der Waals surface area contributed by atoms with Crippen molar-refractivity contribution in [2.75, 3.05) is 0 Å². The van der Waals surface area contributed by atoms with E-state index in [0.717, 1.165) is 0 Å². The monoisotopic (exact) mass is 342 g/mol. The van der Waals surface area contributed by atoms with Crippen molar-refractivity contribution in [3.8, 4) is 0 Å². The largest absolute Gasteiger partial charge is 2.00 e. The van der Waals surface area contributed by atoms with Crippen LogP contribution in [0.15, 0.2) is 0 Å². The van der Waals surface area contributed by atoms with Gasteiger partial charge in [0.1, 0.15) is 0 Å². The minimum Gasteiger partial charge on any atom is -2.00 e. The molecule has 0 aliphatic heterocycles. The molecule has 0 unspecified atom stereocenters. The van der Waals surface area contributed by atoms with E-state index in [9.17, 15) is 0 Å². The molecule has 0 aromatic heterocycles. The Balaban J connectivity index is 0. The van der Waals surface area contributed by atoms with Gasteiger partial charge in [-0.2, -0.15) is 0 Å². The fraction of sp³-hybridized carbons (Fsp3) is 0. The number of rotatable bonds is 0. The minimum atomic E-state index is 0. The number of hydrogen-bond acceptors (Lipinski definition) is 1. The Bertz CT molecular complexity index is 8.04. The molecule has 0 aromatic rings. The molecular weight excluding hydrogens is 338 g/mol. The molecule has 3 N–H and O–H groups in total. The first-order valence-corrected chi connectivity index (χ1v) is 0. The number of hydrogen-bond donors (Lipinski definition) is 0. The predicted molar refractivity (Wildman–Crippen MR) is 13.4 cm³/mol. The van der Waals surface area contributed by atoms with Crippen LogP contribution in [0.3, 0.4) is 0 Å². The summed E-state index contributed by atoms with van der Waals surface area (Å²) < 4.78 is 0. The molecule has 0 bridgehead atoms. The van der Waals surface area contributed by atoms with Crippen molar-refractivity contribution >= 4 is 27.3 Å². The molecule has 0 saturated carbocycles. The van der Waals surface area contributed by atoms with Gasteiger partial charge in [0, 0.05) is 18.6 Å². The Hall–Kier alpha value is 1.31. The summed E-state index contributed by atoms with van der Waals surface area (Å²) in [5.41, 5.74) is 0. The zero-order chi connectivity index (χ0) is 0. The van der Waals surface area contributed by atoms with Crippen LogP contribution < -0.4 is 0 Å². The van der Waals surface area contributed by atoms with E-state index in [1.807, 2.05) is 0 Å². The van der Waals surface area contributed by atoms with Crippen molar-refractivity contribution < 1.29 is 45.9 Å². The summed E-state index contributed by atoms with van der Waals surface area (Å²) in [5, 5.41) is 0. The second-order valence-electron chi connectivity index (χ2n) is 0. The van der Waals surface area contributed by atoms with Crippen LogP contribution in [0.5, 0.6) is 0 Å². The van der Waals surface area contributed by atoms with E-state index >= 15 is 0 Å². The first-order chi connectivity index (χ1) is 0. The van der Waals surface area contributed by atoms with Crippen LogP contribution in [0.1, 0.15) is 0 Å². The van der Waals surface area contributed by atoms with Crippen LogP contribution in [0.2, 0.25) is 0 Å². The molecule has 0 saturated heterocycles. The molecule has 0 heterocycles. The third-order valence-corrected chi connectivity index (χ3v) is 0. The van der Waals surface area contributed by atoms with Crippen molar-refractivity contribution in [3.63, 3.8) is 0 Å². The topological polar surface area (TPSA) is 147 Å². The van der Waals surface area contributed by atoms with Gasteiger partial charge < -0.3 is 27.4 Å². The van der Waals surface area contributed by atoms with Crippen molar-refractivity contribution in [2.24, 2.45) is 0 Å². The molecule has 7 heavy (non-hydrogen) atoms. The van der Waals surface area contributed by atoms with Crippen LogP contribution in [0, 0.1) is 0 Å². The molecule has 0 aromatic carbocycles. The summed E-state index contributed by atoms with van der Waals surface area (Å²) in [5.74, 6) is 0. The Kier molecular flexibility index (Phi) is 6320. The smallest absolute Gasteiger partial charge is 2.00 e. The molecular formula is H3O5PbV-5. The molecule has 0 fully saturated rings. The predicted octanol–water partition coefficient (Wildman–Crippen LogP) is -1.74. The van der Waals surface area contributed by atoms with E-state index < -0.39 is 0 Å². The van der Waals surface area contributed by atoms with Gasteiger partial charge in [-0.25, -0.2) is 0 Å². The van der Waals surface area contributed by atoms with Gasteiger partial charge in [0.25, 0.3) is 0 Å². The molecule has 0 spiro atoms. The van der Waals surface area contributed by atoms with E-state index in [-0.39, 0.29) is 73.2 Å². The Morgan fingerprint density at radius 1 is 0.714 bits per heavy atom. The standard InChI is InChI=1S/2H2O.3O.Pb.V/h2*1H2;;;;;/q;;3*-2;+2;/p-1. The third-order valence-electron chi connectivity index (χ3n) is 0. The van der Waals surface area contributed by atoms with Crippen LogP contribution in [-0.2, 0) is 35.0 Å². The van der Waals surface area contributed by atoms with Gasteiger partial charge in [-0.05, 0) is 0 Å². The third kappa shape index (κ3) is 121. The summed E-state index contributed by atoms with van der Waals surface area (Å²) in [6, 6.07) is 0. The molecule has 5 nitrogen and oxygen atoms in total. The van der Waals surface area contributed by atoms with E-state index in [2.05, 4.69) is 0 Å². The fourth-order valence-electron chi connectivity index (χ4n) is 0. The average molecular weight is 341 g/mol. The maximum absolute atomic E-state index is 0. The zero-order valence-electron chi connectivity index (χ0n) is 3.12. The molecule has 0 atom stereocenters. The maximum Gasteiger partial charge on any atom is 2.00 e. The molecule has 7 heteroatoms. The van der Waals surface area contributed by atoms with Gasteiger partial charge in [0.05, 0.1) is 0 Å². The first kappa shape index (κ1) is 260. The second kappa shape index (κ2) is 170. The molecule has 0 aliphatic carbocycles. The first-order valence-electron chi connectivity index (χ1n) is 0. The van der Waals surface area contributed by atoms with Gasteiger partial charge in [0.2, 0.25) is 0 Å². The molecule has 0 amide bonds. The zero-order valence-corrected chi connectivity index (χ0v) is 8.40. The Morgan fingerprint density at radius 3 is 0.714 bits per heavy atom. The van der Waals surface area contributed by atoms with Crippen molar-refractivity contribution in [2.45, 2.75) is 0 Å². The Labute approximate surface area is 73.1 Å². The van der Waals surface area contributed by atoms with Crippen molar-refractivity contribution in [1.29, 1.82) is 0 Å². The van der Waals surface area contributed by atoms with Crippen LogP contribution in [0.25, 0.3) is 0 Å². The molecule has 47 valence electrons. The summed E-state index contributed by atoms with van der Waals surface area (Å²) in [7, 11) is 0. The van der Waals surface area contributed by atoms with Gasteiger partial charge in [-0.1, -0.05) is 0 Å². The SMILES string of the molecule is O.[O-2].[O-2].[O-2].[OH-].[Pb+2].[V]. The Morgan fingerprint density at radius 2 is 0.714 bits per heavy atom. The van der Waals surface area contributed by atoms with Crippen molar-refractivity contribution in [1.82, 2.24) is 0 Å². The second-order valence-corrected chi connectivity index (χ2v) is 0. The quantitative estimate of drug-likeness (QED) is 0.473.